The van der Waals surface area contributed by atoms with E-state index in [0.717, 1.165) is 11.3 Å². The smallest absolute Gasteiger partial charge is 0.308 e. The van der Waals surface area contributed by atoms with Crippen LogP contribution in [0.4, 0.5) is 5.69 Å². The van der Waals surface area contributed by atoms with E-state index in [1.54, 1.807) is 0 Å². The third-order valence-corrected chi connectivity index (χ3v) is 2.21. The van der Waals surface area contributed by atoms with E-state index in [2.05, 4.69) is 0 Å². The van der Waals surface area contributed by atoms with Gasteiger partial charge in [-0.3, -0.25) is 4.79 Å². The normalized spacial score (nSPS) is 12.1. The molecule has 1 aromatic rings. The van der Waals surface area contributed by atoms with E-state index in [4.69, 9.17) is 10.5 Å². The molecule has 3 nitrogen and oxygen atoms in total. The van der Waals surface area contributed by atoms with Gasteiger partial charge in [0.05, 0.1) is 12.5 Å². The predicted molar refractivity (Wildman–Crippen MR) is 60.4 cm³/mol. The highest BCUT2D eigenvalue weighted by Crippen LogP contribution is 2.12. The second-order valence-corrected chi connectivity index (χ2v) is 3.60. The third kappa shape index (κ3) is 3.62. The van der Waals surface area contributed by atoms with Gasteiger partial charge in [0.2, 0.25) is 0 Å². The minimum atomic E-state index is -0.144. The average Bonchev–Trinajstić information content (AvgIpc) is 2.22. The molecule has 0 fully saturated rings. The molecule has 1 rings (SSSR count). The van der Waals surface area contributed by atoms with Crippen LogP contribution < -0.4 is 5.73 Å². The van der Waals surface area contributed by atoms with E-state index in [0.29, 0.717) is 13.0 Å². The van der Waals surface area contributed by atoms with E-state index >= 15 is 0 Å². The Labute approximate surface area is 90.2 Å². The van der Waals surface area contributed by atoms with Crippen molar-refractivity contribution in [3.63, 3.8) is 0 Å². The maximum atomic E-state index is 11.4. The van der Waals surface area contributed by atoms with Gasteiger partial charge in [-0.2, -0.15) is 0 Å². The van der Waals surface area contributed by atoms with E-state index < -0.39 is 0 Å². The van der Waals surface area contributed by atoms with Gasteiger partial charge in [-0.05, 0) is 31.0 Å². The van der Waals surface area contributed by atoms with E-state index in [-0.39, 0.29) is 11.9 Å². The van der Waals surface area contributed by atoms with Crippen molar-refractivity contribution < 1.29 is 9.53 Å². The van der Waals surface area contributed by atoms with Gasteiger partial charge in [-0.1, -0.05) is 19.1 Å². The number of carbonyl (C=O) groups is 1. The quantitative estimate of drug-likeness (QED) is 0.607. The molecule has 0 radical (unpaired) electrons. The van der Waals surface area contributed by atoms with Crippen molar-refractivity contribution >= 4 is 11.7 Å². The molecule has 1 aromatic carbocycles. The Hall–Kier alpha value is -1.51. The van der Waals surface area contributed by atoms with E-state index in [1.807, 2.05) is 38.1 Å². The lowest BCUT2D eigenvalue weighted by Gasteiger charge is -2.10. The van der Waals surface area contributed by atoms with Gasteiger partial charge in [0.15, 0.2) is 0 Å². The number of esters is 1. The number of ether oxygens (including phenoxy) is 1. The predicted octanol–water partition coefficient (Wildman–Crippen LogP) is 2.01. The SMILES string of the molecule is CCOC(=O)[C@@H](C)Cc1ccc(N)cc1. The molecule has 0 aliphatic carbocycles. The zero-order chi connectivity index (χ0) is 11.3. The van der Waals surface area contributed by atoms with Crippen LogP contribution in [0.2, 0.25) is 0 Å². The highest BCUT2D eigenvalue weighted by molar-refractivity contribution is 5.72. The molecule has 0 unspecified atom stereocenters. The summed E-state index contributed by atoms with van der Waals surface area (Å²) >= 11 is 0. The van der Waals surface area contributed by atoms with Crippen LogP contribution in [0.5, 0.6) is 0 Å². The van der Waals surface area contributed by atoms with Crippen LogP contribution in [0.1, 0.15) is 19.4 Å². The molecule has 0 aliphatic heterocycles. The summed E-state index contributed by atoms with van der Waals surface area (Å²) in [4.78, 5) is 11.4. The first-order valence-corrected chi connectivity index (χ1v) is 5.14. The largest absolute Gasteiger partial charge is 0.466 e. The minimum Gasteiger partial charge on any atom is -0.466 e. The van der Waals surface area contributed by atoms with Crippen molar-refractivity contribution in [2.24, 2.45) is 5.92 Å². The van der Waals surface area contributed by atoms with Gasteiger partial charge in [-0.15, -0.1) is 0 Å². The summed E-state index contributed by atoms with van der Waals surface area (Å²) in [5, 5.41) is 0. The highest BCUT2D eigenvalue weighted by atomic mass is 16.5. The standard InChI is InChI=1S/C12H17NO2/c1-3-15-12(14)9(2)8-10-4-6-11(13)7-5-10/h4-7,9H,3,8,13H2,1-2H3/t9-/m0/s1. The summed E-state index contributed by atoms with van der Waals surface area (Å²) in [5.41, 5.74) is 7.41. The van der Waals surface area contributed by atoms with Gasteiger partial charge in [0.1, 0.15) is 0 Å². The first-order valence-electron chi connectivity index (χ1n) is 5.14. The second kappa shape index (κ2) is 5.39. The molecule has 0 saturated carbocycles. The summed E-state index contributed by atoms with van der Waals surface area (Å²) < 4.78 is 4.94. The molecule has 0 spiro atoms. The molecule has 0 heterocycles. The van der Waals surface area contributed by atoms with Crippen LogP contribution in [-0.4, -0.2) is 12.6 Å². The van der Waals surface area contributed by atoms with Crippen molar-refractivity contribution in [1.29, 1.82) is 0 Å². The van der Waals surface area contributed by atoms with Gasteiger partial charge < -0.3 is 10.5 Å². The Bertz CT molecular complexity index is 319. The molecular weight excluding hydrogens is 190 g/mol. The molecule has 0 aromatic heterocycles. The maximum absolute atomic E-state index is 11.4. The lowest BCUT2D eigenvalue weighted by atomic mass is 10.0. The van der Waals surface area contributed by atoms with Crippen LogP contribution in [0.25, 0.3) is 0 Å². The van der Waals surface area contributed by atoms with Crippen molar-refractivity contribution in [1.82, 2.24) is 0 Å². The third-order valence-electron chi connectivity index (χ3n) is 2.21. The lowest BCUT2D eigenvalue weighted by molar-refractivity contribution is -0.147. The maximum Gasteiger partial charge on any atom is 0.308 e. The number of anilines is 1. The van der Waals surface area contributed by atoms with Crippen molar-refractivity contribution in [2.45, 2.75) is 20.3 Å². The number of hydrogen-bond donors (Lipinski definition) is 1. The van der Waals surface area contributed by atoms with Crippen LogP contribution in [0, 0.1) is 5.92 Å². The van der Waals surface area contributed by atoms with Gasteiger partial charge in [-0.25, -0.2) is 0 Å². The molecule has 15 heavy (non-hydrogen) atoms. The average molecular weight is 207 g/mol. The van der Waals surface area contributed by atoms with Crippen LogP contribution in [0.3, 0.4) is 0 Å². The number of carbonyl (C=O) groups excluding carboxylic acids is 1. The molecule has 2 N–H and O–H groups in total. The van der Waals surface area contributed by atoms with Crippen LogP contribution in [0.15, 0.2) is 24.3 Å². The summed E-state index contributed by atoms with van der Waals surface area (Å²) in [6.07, 6.45) is 0.694. The molecule has 82 valence electrons. The monoisotopic (exact) mass is 207 g/mol. The first kappa shape index (κ1) is 11.6. The molecule has 3 heteroatoms. The fourth-order valence-corrected chi connectivity index (χ4v) is 1.38. The fourth-order valence-electron chi connectivity index (χ4n) is 1.38. The zero-order valence-corrected chi connectivity index (χ0v) is 9.19. The Morgan fingerprint density at radius 1 is 1.40 bits per heavy atom. The zero-order valence-electron chi connectivity index (χ0n) is 9.19. The van der Waals surface area contributed by atoms with Crippen molar-refractivity contribution in [3.05, 3.63) is 29.8 Å². The van der Waals surface area contributed by atoms with Crippen molar-refractivity contribution in [2.75, 3.05) is 12.3 Å². The number of benzene rings is 1. The molecule has 1 atom stereocenters. The van der Waals surface area contributed by atoms with Gasteiger partial charge in [0.25, 0.3) is 0 Å². The van der Waals surface area contributed by atoms with Crippen LogP contribution >= 0.6 is 0 Å². The summed E-state index contributed by atoms with van der Waals surface area (Å²) in [7, 11) is 0. The molecule has 0 amide bonds. The number of rotatable bonds is 4. The molecule has 0 saturated heterocycles. The second-order valence-electron chi connectivity index (χ2n) is 3.60. The van der Waals surface area contributed by atoms with Crippen molar-refractivity contribution in [3.8, 4) is 0 Å². The van der Waals surface area contributed by atoms with E-state index in [9.17, 15) is 4.79 Å². The topological polar surface area (TPSA) is 52.3 Å². The molecule has 0 bridgehead atoms. The molecular formula is C12H17NO2. The number of hydrogen-bond acceptors (Lipinski definition) is 3. The van der Waals surface area contributed by atoms with E-state index in [1.165, 1.54) is 0 Å². The van der Waals surface area contributed by atoms with Gasteiger partial charge in [0, 0.05) is 5.69 Å². The number of nitrogens with two attached hydrogens (primary N) is 1. The minimum absolute atomic E-state index is 0.103. The Kier molecular flexibility index (Phi) is 4.16. The Balaban J connectivity index is 2.54. The summed E-state index contributed by atoms with van der Waals surface area (Å²) in [6, 6.07) is 7.55. The lowest BCUT2D eigenvalue weighted by Crippen LogP contribution is -2.16. The Morgan fingerprint density at radius 2 is 2.00 bits per heavy atom. The van der Waals surface area contributed by atoms with Gasteiger partial charge >= 0.3 is 5.97 Å². The highest BCUT2D eigenvalue weighted by Gasteiger charge is 2.13. The first-order chi connectivity index (χ1) is 7.13. The molecule has 0 aliphatic rings. The Morgan fingerprint density at radius 3 is 2.53 bits per heavy atom. The summed E-state index contributed by atoms with van der Waals surface area (Å²) in [5.74, 6) is -0.247. The van der Waals surface area contributed by atoms with Crippen LogP contribution in [-0.2, 0) is 16.0 Å². The summed E-state index contributed by atoms with van der Waals surface area (Å²) in [6.45, 7) is 4.12. The number of nitrogen functional groups attached to an aromatic ring is 1. The fraction of sp³-hybridized carbons (Fsp3) is 0.417.